The van der Waals surface area contributed by atoms with Crippen molar-refractivity contribution >= 4 is 27.6 Å². The number of anilines is 1. The number of ether oxygens (including phenoxy) is 1. The molecule has 0 aliphatic carbocycles. The van der Waals surface area contributed by atoms with Gasteiger partial charge < -0.3 is 10.1 Å². The van der Waals surface area contributed by atoms with E-state index >= 15 is 0 Å². The van der Waals surface area contributed by atoms with E-state index in [1.54, 1.807) is 23.9 Å². The third-order valence-electron chi connectivity index (χ3n) is 3.76. The Morgan fingerprint density at radius 1 is 1.12 bits per heavy atom. The van der Waals surface area contributed by atoms with Crippen molar-refractivity contribution in [1.82, 2.24) is 9.29 Å². The minimum absolute atomic E-state index is 0.221. The molecule has 0 spiro atoms. The normalized spacial score (nSPS) is 15.8. The number of hydrogen-bond acceptors (Lipinski definition) is 6. The van der Waals surface area contributed by atoms with Gasteiger partial charge in [-0.05, 0) is 24.3 Å². The van der Waals surface area contributed by atoms with Crippen LogP contribution < -0.4 is 5.32 Å². The van der Waals surface area contributed by atoms with Gasteiger partial charge in [0.05, 0.1) is 13.2 Å². The Hall–Kier alpha value is -1.61. The molecule has 0 radical (unpaired) electrons. The highest BCUT2D eigenvalue weighted by Gasteiger charge is 2.26. The van der Waals surface area contributed by atoms with Crippen molar-refractivity contribution in [2.75, 3.05) is 43.9 Å². The molecule has 0 saturated carbocycles. The summed E-state index contributed by atoms with van der Waals surface area (Å²) in [4.78, 5) is 5.67. The van der Waals surface area contributed by atoms with Crippen molar-refractivity contribution in [3.05, 3.63) is 48.7 Å². The number of aromatic nitrogens is 1. The second-order valence-electron chi connectivity index (χ2n) is 5.48. The lowest BCUT2D eigenvalue weighted by Crippen LogP contribution is -2.40. The average Bonchev–Trinajstić information content (AvgIpc) is 2.67. The third kappa shape index (κ3) is 4.94. The van der Waals surface area contributed by atoms with E-state index in [4.69, 9.17) is 4.74 Å². The monoisotopic (exact) mass is 379 g/mol. The van der Waals surface area contributed by atoms with Crippen molar-refractivity contribution in [3.8, 4) is 0 Å². The first-order chi connectivity index (χ1) is 12.2. The molecule has 1 aliphatic heterocycles. The molecule has 6 nitrogen and oxygen atoms in total. The highest BCUT2D eigenvalue weighted by molar-refractivity contribution is 7.99. The Morgan fingerprint density at radius 2 is 1.88 bits per heavy atom. The number of thioether (sulfide) groups is 1. The van der Waals surface area contributed by atoms with E-state index in [9.17, 15) is 8.42 Å². The molecule has 1 fully saturated rings. The zero-order valence-electron chi connectivity index (χ0n) is 13.8. The number of benzene rings is 1. The smallest absolute Gasteiger partial charge is 0.244 e. The fourth-order valence-corrected chi connectivity index (χ4v) is 4.58. The van der Waals surface area contributed by atoms with Crippen LogP contribution in [0.5, 0.6) is 0 Å². The molecule has 1 aromatic heterocycles. The Bertz CT molecular complexity index is 761. The van der Waals surface area contributed by atoms with Crippen LogP contribution >= 0.6 is 11.8 Å². The van der Waals surface area contributed by atoms with Crippen LogP contribution in [-0.2, 0) is 14.8 Å². The van der Waals surface area contributed by atoms with E-state index in [2.05, 4.69) is 22.4 Å². The molecule has 1 aromatic carbocycles. The predicted molar refractivity (Wildman–Crippen MR) is 99.5 cm³/mol. The Kier molecular flexibility index (Phi) is 6.30. The van der Waals surface area contributed by atoms with Gasteiger partial charge in [-0.2, -0.15) is 4.31 Å². The number of nitrogens with one attached hydrogen (secondary N) is 1. The maximum atomic E-state index is 12.5. The lowest BCUT2D eigenvalue weighted by Gasteiger charge is -2.25. The summed E-state index contributed by atoms with van der Waals surface area (Å²) in [6.07, 6.45) is 1.41. The first-order valence-corrected chi connectivity index (χ1v) is 10.5. The minimum atomic E-state index is -3.48. The number of pyridine rings is 1. The quantitative estimate of drug-likeness (QED) is 0.588. The van der Waals surface area contributed by atoms with Crippen LogP contribution in [0, 0.1) is 0 Å². The van der Waals surface area contributed by atoms with Crippen molar-refractivity contribution < 1.29 is 13.2 Å². The Balaban J connectivity index is 1.51. The van der Waals surface area contributed by atoms with Gasteiger partial charge >= 0.3 is 0 Å². The van der Waals surface area contributed by atoms with Crippen LogP contribution in [0.1, 0.15) is 0 Å². The van der Waals surface area contributed by atoms with Crippen LogP contribution in [0.2, 0.25) is 0 Å². The fourth-order valence-electron chi connectivity index (χ4n) is 2.44. The summed E-state index contributed by atoms with van der Waals surface area (Å²) in [5, 5.41) is 3.21. The zero-order valence-corrected chi connectivity index (χ0v) is 15.4. The van der Waals surface area contributed by atoms with Crippen molar-refractivity contribution in [2.45, 2.75) is 9.79 Å². The molecule has 3 rings (SSSR count). The largest absolute Gasteiger partial charge is 0.379 e. The summed E-state index contributed by atoms with van der Waals surface area (Å²) >= 11 is 1.76. The molecule has 2 aromatic rings. The second kappa shape index (κ2) is 8.66. The molecule has 8 heteroatoms. The van der Waals surface area contributed by atoms with Crippen LogP contribution in [0.3, 0.4) is 0 Å². The number of morpholine rings is 1. The molecule has 2 heterocycles. The van der Waals surface area contributed by atoms with E-state index in [-0.39, 0.29) is 4.90 Å². The molecule has 0 atom stereocenters. The van der Waals surface area contributed by atoms with E-state index < -0.39 is 10.0 Å². The molecule has 1 N–H and O–H groups in total. The van der Waals surface area contributed by atoms with E-state index in [0.29, 0.717) is 32.1 Å². The van der Waals surface area contributed by atoms with Crippen molar-refractivity contribution in [2.24, 2.45) is 0 Å². The lowest BCUT2D eigenvalue weighted by molar-refractivity contribution is 0.0730. The summed E-state index contributed by atoms with van der Waals surface area (Å²) in [5.41, 5.74) is 0. The topological polar surface area (TPSA) is 71.5 Å². The number of nitrogens with zero attached hydrogens (tertiary/aromatic N) is 2. The predicted octanol–water partition coefficient (Wildman–Crippen LogP) is 2.31. The molecule has 1 aliphatic rings. The van der Waals surface area contributed by atoms with Crippen molar-refractivity contribution in [1.29, 1.82) is 0 Å². The number of rotatable bonds is 7. The summed E-state index contributed by atoms with van der Waals surface area (Å²) in [5.74, 6) is 1.58. The summed E-state index contributed by atoms with van der Waals surface area (Å²) in [6.45, 7) is 2.40. The van der Waals surface area contributed by atoms with E-state index in [0.717, 1.165) is 12.3 Å². The first kappa shape index (κ1) is 18.2. The van der Waals surface area contributed by atoms with Gasteiger partial charge in [-0.15, -0.1) is 11.8 Å². The van der Waals surface area contributed by atoms with Gasteiger partial charge in [0.1, 0.15) is 10.7 Å². The number of hydrogen-bond donors (Lipinski definition) is 1. The first-order valence-electron chi connectivity index (χ1n) is 8.12. The van der Waals surface area contributed by atoms with Gasteiger partial charge in [0.2, 0.25) is 10.0 Å². The SMILES string of the molecule is O=S(=O)(c1ccc(NCCSc2ccccc2)nc1)N1CCOCC1. The highest BCUT2D eigenvalue weighted by Crippen LogP contribution is 2.19. The van der Waals surface area contributed by atoms with Crippen molar-refractivity contribution in [3.63, 3.8) is 0 Å². The molecule has 1 saturated heterocycles. The summed E-state index contributed by atoms with van der Waals surface area (Å²) in [6, 6.07) is 13.5. The van der Waals surface area contributed by atoms with Crippen LogP contribution in [0.15, 0.2) is 58.5 Å². The zero-order chi connectivity index (χ0) is 17.5. The molecule has 0 unspecified atom stereocenters. The van der Waals surface area contributed by atoms with Gasteiger partial charge in [0.15, 0.2) is 0 Å². The second-order valence-corrected chi connectivity index (χ2v) is 8.59. The van der Waals surface area contributed by atoms with Crippen LogP contribution in [0.25, 0.3) is 0 Å². The van der Waals surface area contributed by atoms with Gasteiger partial charge in [0, 0.05) is 36.5 Å². The molecule has 0 amide bonds. The van der Waals surface area contributed by atoms with Gasteiger partial charge in [-0.3, -0.25) is 0 Å². The molecule has 0 bridgehead atoms. The molecular formula is C17H21N3O3S2. The molecular weight excluding hydrogens is 358 g/mol. The minimum Gasteiger partial charge on any atom is -0.379 e. The van der Waals surface area contributed by atoms with Crippen LogP contribution in [-0.4, -0.2) is 56.3 Å². The maximum Gasteiger partial charge on any atom is 0.244 e. The van der Waals surface area contributed by atoms with Gasteiger partial charge in [-0.1, -0.05) is 18.2 Å². The summed E-state index contributed by atoms with van der Waals surface area (Å²) < 4.78 is 31.7. The number of sulfonamides is 1. The maximum absolute atomic E-state index is 12.5. The molecule has 134 valence electrons. The van der Waals surface area contributed by atoms with E-state index in [1.807, 2.05) is 18.2 Å². The van der Waals surface area contributed by atoms with Crippen LogP contribution in [0.4, 0.5) is 5.82 Å². The fraction of sp³-hybridized carbons (Fsp3) is 0.353. The average molecular weight is 380 g/mol. The Labute approximate surface area is 152 Å². The Morgan fingerprint density at radius 3 is 2.56 bits per heavy atom. The van der Waals surface area contributed by atoms with Gasteiger partial charge in [-0.25, -0.2) is 13.4 Å². The summed E-state index contributed by atoms with van der Waals surface area (Å²) in [7, 11) is -3.48. The lowest BCUT2D eigenvalue weighted by atomic mass is 10.4. The van der Waals surface area contributed by atoms with Gasteiger partial charge in [0.25, 0.3) is 0 Å². The standard InChI is InChI=1S/C17H21N3O3S2/c21-25(22,20-9-11-23-12-10-20)16-6-7-17(19-14-16)18-8-13-24-15-4-2-1-3-5-15/h1-7,14H,8-13H2,(H,18,19). The highest BCUT2D eigenvalue weighted by atomic mass is 32.2. The molecule has 25 heavy (non-hydrogen) atoms. The van der Waals surface area contributed by atoms with E-state index in [1.165, 1.54) is 15.4 Å². The third-order valence-corrected chi connectivity index (χ3v) is 6.66.